The zero-order chi connectivity index (χ0) is 12.3. The van der Waals surface area contributed by atoms with Gasteiger partial charge >= 0.3 is 5.97 Å². The van der Waals surface area contributed by atoms with Crippen LogP contribution in [0.3, 0.4) is 0 Å². The summed E-state index contributed by atoms with van der Waals surface area (Å²) in [6.45, 7) is 4.67. The number of nitrogens with one attached hydrogen (secondary N) is 1. The van der Waals surface area contributed by atoms with Gasteiger partial charge < -0.3 is 10.1 Å². The Balaban J connectivity index is 1.95. The molecule has 0 amide bonds. The Kier molecular flexibility index (Phi) is 3.67. The van der Waals surface area contributed by atoms with Gasteiger partial charge in [0.25, 0.3) is 0 Å². The van der Waals surface area contributed by atoms with Crippen LogP contribution < -0.4 is 5.32 Å². The van der Waals surface area contributed by atoms with Crippen molar-refractivity contribution in [2.24, 2.45) is 0 Å². The van der Waals surface area contributed by atoms with Gasteiger partial charge in [0.15, 0.2) is 0 Å². The van der Waals surface area contributed by atoms with Gasteiger partial charge in [0, 0.05) is 12.1 Å². The Bertz CT molecular complexity index is 415. The van der Waals surface area contributed by atoms with E-state index in [-0.39, 0.29) is 12.0 Å². The standard InChI is InChI=1S/C14H19NO2/c1-3-4-8-17-14(16)12-9-11-7-5-6-10(2)13(11)15-12/h5-7,12,15H,3-4,8-9H2,1-2H3. The van der Waals surface area contributed by atoms with E-state index in [4.69, 9.17) is 4.74 Å². The van der Waals surface area contributed by atoms with Gasteiger partial charge in [-0.1, -0.05) is 31.5 Å². The van der Waals surface area contributed by atoms with Crippen molar-refractivity contribution in [3.63, 3.8) is 0 Å². The minimum absolute atomic E-state index is 0.131. The zero-order valence-electron chi connectivity index (χ0n) is 10.5. The van der Waals surface area contributed by atoms with E-state index < -0.39 is 0 Å². The quantitative estimate of drug-likeness (QED) is 0.642. The molecule has 2 rings (SSSR count). The Morgan fingerprint density at radius 2 is 2.35 bits per heavy atom. The van der Waals surface area contributed by atoms with Crippen molar-refractivity contribution < 1.29 is 9.53 Å². The molecule has 17 heavy (non-hydrogen) atoms. The highest BCUT2D eigenvalue weighted by Crippen LogP contribution is 2.29. The Labute approximate surface area is 102 Å². The molecule has 1 aromatic carbocycles. The fourth-order valence-corrected chi connectivity index (χ4v) is 2.11. The molecule has 1 aromatic rings. The van der Waals surface area contributed by atoms with Crippen molar-refractivity contribution in [3.05, 3.63) is 29.3 Å². The van der Waals surface area contributed by atoms with Gasteiger partial charge in [-0.05, 0) is 24.5 Å². The normalized spacial score (nSPS) is 17.4. The van der Waals surface area contributed by atoms with E-state index in [0.29, 0.717) is 6.61 Å². The predicted molar refractivity (Wildman–Crippen MR) is 68.2 cm³/mol. The van der Waals surface area contributed by atoms with Gasteiger partial charge in [0.2, 0.25) is 0 Å². The van der Waals surface area contributed by atoms with Crippen LogP contribution in [0.2, 0.25) is 0 Å². The number of hydrogen-bond acceptors (Lipinski definition) is 3. The number of carbonyl (C=O) groups is 1. The van der Waals surface area contributed by atoms with E-state index in [1.54, 1.807) is 0 Å². The molecule has 0 saturated carbocycles. The van der Waals surface area contributed by atoms with Crippen LogP contribution >= 0.6 is 0 Å². The summed E-state index contributed by atoms with van der Waals surface area (Å²) in [5, 5.41) is 3.25. The molecule has 0 saturated heterocycles. The fourth-order valence-electron chi connectivity index (χ4n) is 2.11. The second-order valence-corrected chi connectivity index (χ2v) is 4.53. The minimum atomic E-state index is -0.206. The van der Waals surface area contributed by atoms with Crippen molar-refractivity contribution in [2.45, 2.75) is 39.2 Å². The molecule has 3 nitrogen and oxygen atoms in total. The van der Waals surface area contributed by atoms with Crippen LogP contribution in [0, 0.1) is 6.92 Å². The maximum Gasteiger partial charge on any atom is 0.328 e. The molecule has 0 radical (unpaired) electrons. The maximum absolute atomic E-state index is 11.8. The lowest BCUT2D eigenvalue weighted by Crippen LogP contribution is -2.29. The molecule has 1 aliphatic rings. The van der Waals surface area contributed by atoms with Crippen molar-refractivity contribution in [1.29, 1.82) is 0 Å². The number of carbonyl (C=O) groups excluding carboxylic acids is 1. The average Bonchev–Trinajstić information content (AvgIpc) is 2.75. The summed E-state index contributed by atoms with van der Waals surface area (Å²) in [4.78, 5) is 11.8. The Hall–Kier alpha value is -1.51. The van der Waals surface area contributed by atoms with Crippen LogP contribution in [0.5, 0.6) is 0 Å². The molecule has 1 atom stereocenters. The first-order valence-corrected chi connectivity index (χ1v) is 6.24. The van der Waals surface area contributed by atoms with Crippen LogP contribution in [0.1, 0.15) is 30.9 Å². The molecule has 3 heteroatoms. The molecule has 0 fully saturated rings. The molecule has 1 N–H and O–H groups in total. The van der Waals surface area contributed by atoms with E-state index in [2.05, 4.69) is 31.3 Å². The molecular weight excluding hydrogens is 214 g/mol. The number of fused-ring (bicyclic) bond motifs is 1. The lowest BCUT2D eigenvalue weighted by Gasteiger charge is -2.11. The van der Waals surface area contributed by atoms with Crippen molar-refractivity contribution >= 4 is 11.7 Å². The monoisotopic (exact) mass is 233 g/mol. The van der Waals surface area contributed by atoms with Gasteiger partial charge in [-0.3, -0.25) is 0 Å². The fraction of sp³-hybridized carbons (Fsp3) is 0.500. The van der Waals surface area contributed by atoms with Gasteiger partial charge in [-0.2, -0.15) is 0 Å². The van der Waals surface area contributed by atoms with E-state index in [1.165, 1.54) is 11.1 Å². The summed E-state index contributed by atoms with van der Waals surface area (Å²) in [6, 6.07) is 5.94. The number of para-hydroxylation sites is 1. The maximum atomic E-state index is 11.8. The minimum Gasteiger partial charge on any atom is -0.464 e. The molecule has 0 aromatic heterocycles. The second-order valence-electron chi connectivity index (χ2n) is 4.53. The molecule has 1 unspecified atom stereocenters. The number of unbranched alkanes of at least 4 members (excludes halogenated alkanes) is 1. The Morgan fingerprint density at radius 1 is 1.53 bits per heavy atom. The van der Waals surface area contributed by atoms with Crippen LogP contribution in [0.15, 0.2) is 18.2 Å². The van der Waals surface area contributed by atoms with E-state index in [1.807, 2.05) is 6.07 Å². The van der Waals surface area contributed by atoms with Gasteiger partial charge in [0.05, 0.1) is 6.61 Å². The highest BCUT2D eigenvalue weighted by Gasteiger charge is 2.28. The second kappa shape index (κ2) is 5.21. The molecule has 92 valence electrons. The highest BCUT2D eigenvalue weighted by molar-refractivity contribution is 5.83. The van der Waals surface area contributed by atoms with Crippen molar-refractivity contribution in [2.75, 3.05) is 11.9 Å². The Morgan fingerprint density at radius 3 is 3.06 bits per heavy atom. The number of aryl methyl sites for hydroxylation is 1. The summed E-state index contributed by atoms with van der Waals surface area (Å²) >= 11 is 0. The number of esters is 1. The van der Waals surface area contributed by atoms with Gasteiger partial charge in [-0.15, -0.1) is 0 Å². The largest absolute Gasteiger partial charge is 0.464 e. The summed E-state index contributed by atoms with van der Waals surface area (Å²) in [7, 11) is 0. The van der Waals surface area contributed by atoms with E-state index in [0.717, 1.165) is 24.9 Å². The van der Waals surface area contributed by atoms with Gasteiger partial charge in [0.1, 0.15) is 6.04 Å². The SMILES string of the molecule is CCCCOC(=O)C1Cc2cccc(C)c2N1. The van der Waals surface area contributed by atoms with Crippen LogP contribution in [0.25, 0.3) is 0 Å². The lowest BCUT2D eigenvalue weighted by atomic mass is 10.1. The number of rotatable bonds is 4. The third-order valence-corrected chi connectivity index (χ3v) is 3.13. The van der Waals surface area contributed by atoms with E-state index in [9.17, 15) is 4.79 Å². The number of ether oxygens (including phenoxy) is 1. The van der Waals surface area contributed by atoms with Crippen molar-refractivity contribution in [3.8, 4) is 0 Å². The third kappa shape index (κ3) is 2.60. The molecular formula is C14H19NO2. The highest BCUT2D eigenvalue weighted by atomic mass is 16.5. The summed E-state index contributed by atoms with van der Waals surface area (Å²) in [5.74, 6) is -0.131. The first-order chi connectivity index (χ1) is 8.22. The van der Waals surface area contributed by atoms with Crippen LogP contribution in [-0.4, -0.2) is 18.6 Å². The third-order valence-electron chi connectivity index (χ3n) is 3.13. The topological polar surface area (TPSA) is 38.3 Å². The van der Waals surface area contributed by atoms with E-state index >= 15 is 0 Å². The lowest BCUT2D eigenvalue weighted by molar-refractivity contribution is -0.144. The predicted octanol–water partition coefficient (Wildman–Crippen LogP) is 2.67. The first-order valence-electron chi connectivity index (χ1n) is 6.24. The molecule has 1 heterocycles. The van der Waals surface area contributed by atoms with Crippen LogP contribution in [-0.2, 0) is 16.0 Å². The first kappa shape index (κ1) is 12.0. The summed E-state index contributed by atoms with van der Waals surface area (Å²) in [6.07, 6.45) is 2.72. The molecule has 1 aliphatic heterocycles. The molecule has 0 aliphatic carbocycles. The molecule has 0 spiro atoms. The zero-order valence-corrected chi connectivity index (χ0v) is 10.5. The van der Waals surface area contributed by atoms with Gasteiger partial charge in [-0.25, -0.2) is 4.79 Å². The smallest absolute Gasteiger partial charge is 0.328 e. The number of benzene rings is 1. The summed E-state index contributed by atoms with van der Waals surface area (Å²) < 4.78 is 5.24. The van der Waals surface area contributed by atoms with Crippen molar-refractivity contribution in [1.82, 2.24) is 0 Å². The number of hydrogen-bond donors (Lipinski definition) is 1. The molecule has 0 bridgehead atoms. The summed E-state index contributed by atoms with van der Waals surface area (Å²) in [5.41, 5.74) is 3.50. The average molecular weight is 233 g/mol. The van der Waals surface area contributed by atoms with Crippen LogP contribution in [0.4, 0.5) is 5.69 Å². The number of anilines is 1.